The number of hydrogen-bond acceptors (Lipinski definition) is 4. The van der Waals surface area contributed by atoms with Crippen LogP contribution in [-0.4, -0.2) is 19.8 Å². The fraction of sp³-hybridized carbons (Fsp3) is 0.286. The van der Waals surface area contributed by atoms with E-state index < -0.39 is 4.92 Å². The zero-order valence-electron chi connectivity index (χ0n) is 12.6. The summed E-state index contributed by atoms with van der Waals surface area (Å²) >= 11 is 5.26. The summed E-state index contributed by atoms with van der Waals surface area (Å²) in [6, 6.07) is 6.19. The van der Waals surface area contributed by atoms with E-state index in [4.69, 9.17) is 12.2 Å². The Bertz CT molecular complexity index is 726. The fourth-order valence-electron chi connectivity index (χ4n) is 2.16. The van der Waals surface area contributed by atoms with Crippen molar-refractivity contribution in [1.29, 1.82) is 0 Å². The normalized spacial score (nSPS) is 10.3. The Morgan fingerprint density at radius 3 is 2.73 bits per heavy atom. The highest BCUT2D eigenvalue weighted by atomic mass is 32.1. The summed E-state index contributed by atoms with van der Waals surface area (Å²) in [5, 5.41) is 21.6. The van der Waals surface area contributed by atoms with Gasteiger partial charge in [0.25, 0.3) is 5.69 Å². The number of benzene rings is 1. The number of nitro groups is 1. The number of thiocarbonyl (C=S) groups is 1. The maximum Gasteiger partial charge on any atom is 0.271 e. The molecule has 1 aromatic carbocycles. The van der Waals surface area contributed by atoms with Crippen LogP contribution in [0.4, 0.5) is 17.1 Å². The van der Waals surface area contributed by atoms with E-state index in [1.54, 1.807) is 12.1 Å². The molecule has 0 saturated heterocycles. The lowest BCUT2D eigenvalue weighted by molar-refractivity contribution is -0.384. The highest BCUT2D eigenvalue weighted by molar-refractivity contribution is 7.80. The number of aryl methyl sites for hydroxylation is 2. The van der Waals surface area contributed by atoms with E-state index in [0.29, 0.717) is 10.8 Å². The summed E-state index contributed by atoms with van der Waals surface area (Å²) < 4.78 is 1.88. The number of nitrogens with one attached hydrogen (secondary N) is 2. The first-order valence-electron chi connectivity index (χ1n) is 6.78. The third-order valence-electron chi connectivity index (χ3n) is 3.23. The molecule has 1 heterocycles. The van der Waals surface area contributed by atoms with Crippen LogP contribution in [0.25, 0.3) is 0 Å². The van der Waals surface area contributed by atoms with E-state index >= 15 is 0 Å². The predicted octanol–water partition coefficient (Wildman–Crippen LogP) is 3.24. The number of anilines is 2. The zero-order valence-corrected chi connectivity index (χ0v) is 13.4. The molecule has 1 aromatic heterocycles. The molecule has 0 aliphatic carbocycles. The highest BCUT2D eigenvalue weighted by Crippen LogP contribution is 2.21. The Morgan fingerprint density at radius 1 is 1.41 bits per heavy atom. The van der Waals surface area contributed by atoms with Crippen molar-refractivity contribution >= 4 is 34.4 Å². The van der Waals surface area contributed by atoms with Gasteiger partial charge in [0.1, 0.15) is 0 Å². The van der Waals surface area contributed by atoms with Gasteiger partial charge in [-0.1, -0.05) is 6.07 Å². The van der Waals surface area contributed by atoms with Gasteiger partial charge in [-0.3, -0.25) is 14.8 Å². The van der Waals surface area contributed by atoms with Crippen LogP contribution in [-0.2, 0) is 6.54 Å². The van der Waals surface area contributed by atoms with Crippen molar-refractivity contribution in [1.82, 2.24) is 9.78 Å². The topological polar surface area (TPSA) is 85.0 Å². The van der Waals surface area contributed by atoms with Gasteiger partial charge >= 0.3 is 0 Å². The maximum absolute atomic E-state index is 10.8. The summed E-state index contributed by atoms with van der Waals surface area (Å²) in [6.45, 7) is 6.65. The first-order valence-corrected chi connectivity index (χ1v) is 7.19. The van der Waals surface area contributed by atoms with Gasteiger partial charge in [0, 0.05) is 24.4 Å². The van der Waals surface area contributed by atoms with E-state index in [-0.39, 0.29) is 5.69 Å². The van der Waals surface area contributed by atoms with Gasteiger partial charge in [0.05, 0.1) is 22.0 Å². The van der Waals surface area contributed by atoms with Crippen molar-refractivity contribution in [3.05, 3.63) is 45.8 Å². The summed E-state index contributed by atoms with van der Waals surface area (Å²) in [5.74, 6) is 0. The van der Waals surface area contributed by atoms with Gasteiger partial charge in [0.15, 0.2) is 5.11 Å². The van der Waals surface area contributed by atoms with Crippen LogP contribution < -0.4 is 10.6 Å². The molecule has 2 N–H and O–H groups in total. The van der Waals surface area contributed by atoms with Crippen molar-refractivity contribution in [2.24, 2.45) is 0 Å². The lowest BCUT2D eigenvalue weighted by Crippen LogP contribution is -2.20. The summed E-state index contributed by atoms with van der Waals surface area (Å²) in [7, 11) is 0. The average Bonchev–Trinajstić information content (AvgIpc) is 2.75. The molecule has 22 heavy (non-hydrogen) atoms. The van der Waals surface area contributed by atoms with E-state index in [0.717, 1.165) is 23.6 Å². The van der Waals surface area contributed by atoms with Crippen LogP contribution in [0.2, 0.25) is 0 Å². The molecular formula is C14H17N5O2S. The van der Waals surface area contributed by atoms with Gasteiger partial charge < -0.3 is 10.6 Å². The first-order chi connectivity index (χ1) is 10.4. The van der Waals surface area contributed by atoms with Crippen LogP contribution >= 0.6 is 12.2 Å². The van der Waals surface area contributed by atoms with Crippen molar-refractivity contribution in [2.75, 3.05) is 10.6 Å². The molecule has 0 unspecified atom stereocenters. The SMILES string of the molecule is CCn1nc(C)c(NC(=S)Nc2cccc([N+](=O)[O-])c2)c1C. The van der Waals surface area contributed by atoms with Crippen molar-refractivity contribution in [3.8, 4) is 0 Å². The van der Waals surface area contributed by atoms with E-state index in [9.17, 15) is 10.1 Å². The second-order valence-electron chi connectivity index (χ2n) is 4.75. The van der Waals surface area contributed by atoms with Crippen LogP contribution in [0.3, 0.4) is 0 Å². The number of hydrogen-bond donors (Lipinski definition) is 2. The van der Waals surface area contributed by atoms with Gasteiger partial charge in [-0.15, -0.1) is 0 Å². The predicted molar refractivity (Wildman–Crippen MR) is 90.3 cm³/mol. The molecule has 8 heteroatoms. The van der Waals surface area contributed by atoms with E-state index in [1.807, 2.05) is 25.5 Å². The molecule has 2 aromatic rings. The van der Waals surface area contributed by atoms with Crippen molar-refractivity contribution in [3.63, 3.8) is 0 Å². The molecule has 0 fully saturated rings. The van der Waals surface area contributed by atoms with Crippen molar-refractivity contribution in [2.45, 2.75) is 27.3 Å². The molecule has 0 bridgehead atoms. The van der Waals surface area contributed by atoms with Gasteiger partial charge in [0.2, 0.25) is 0 Å². The van der Waals surface area contributed by atoms with Gasteiger partial charge in [-0.25, -0.2) is 0 Å². The minimum absolute atomic E-state index is 0.0129. The zero-order chi connectivity index (χ0) is 16.3. The third-order valence-corrected chi connectivity index (χ3v) is 3.44. The molecule has 7 nitrogen and oxygen atoms in total. The van der Waals surface area contributed by atoms with Gasteiger partial charge in [-0.05, 0) is 39.1 Å². The van der Waals surface area contributed by atoms with E-state index in [2.05, 4.69) is 15.7 Å². The number of nitrogens with zero attached hydrogens (tertiary/aromatic N) is 3. The standard InChI is InChI=1S/C14H17N5O2S/c1-4-18-10(3)13(9(2)17-18)16-14(22)15-11-6-5-7-12(8-11)19(20)21/h5-8H,4H2,1-3H3,(H2,15,16,22). The lowest BCUT2D eigenvalue weighted by atomic mass is 10.3. The smallest absolute Gasteiger partial charge is 0.271 e. The quantitative estimate of drug-likeness (QED) is 0.511. The molecule has 0 atom stereocenters. The van der Waals surface area contributed by atoms with Gasteiger partial charge in [-0.2, -0.15) is 5.10 Å². The van der Waals surface area contributed by atoms with Crippen molar-refractivity contribution < 1.29 is 4.92 Å². The monoisotopic (exact) mass is 319 g/mol. The Labute approximate surface area is 133 Å². The Hall–Kier alpha value is -2.48. The molecule has 0 saturated carbocycles. The number of nitro benzene ring substituents is 1. The largest absolute Gasteiger partial charge is 0.332 e. The third kappa shape index (κ3) is 3.40. The second kappa shape index (κ2) is 6.52. The lowest BCUT2D eigenvalue weighted by Gasteiger charge is -2.11. The number of rotatable bonds is 4. The summed E-state index contributed by atoms with van der Waals surface area (Å²) in [5.41, 5.74) is 3.26. The Kier molecular flexibility index (Phi) is 4.71. The molecule has 0 aliphatic rings. The first kappa shape index (κ1) is 15.9. The van der Waals surface area contributed by atoms with Crippen LogP contribution in [0.5, 0.6) is 0 Å². The minimum Gasteiger partial charge on any atom is -0.332 e. The molecule has 116 valence electrons. The number of aromatic nitrogens is 2. The second-order valence-corrected chi connectivity index (χ2v) is 5.16. The minimum atomic E-state index is -0.443. The maximum atomic E-state index is 10.8. The molecule has 0 aliphatic heterocycles. The molecule has 0 amide bonds. The fourth-order valence-corrected chi connectivity index (χ4v) is 2.38. The number of non-ortho nitro benzene ring substituents is 1. The Morgan fingerprint density at radius 2 is 2.14 bits per heavy atom. The molecule has 0 radical (unpaired) electrons. The summed E-state index contributed by atoms with van der Waals surface area (Å²) in [6.07, 6.45) is 0. The Balaban J connectivity index is 2.12. The molecule has 0 spiro atoms. The highest BCUT2D eigenvalue weighted by Gasteiger charge is 2.12. The van der Waals surface area contributed by atoms with Crippen LogP contribution in [0.1, 0.15) is 18.3 Å². The molecule has 2 rings (SSSR count). The van der Waals surface area contributed by atoms with Crippen LogP contribution in [0.15, 0.2) is 24.3 Å². The van der Waals surface area contributed by atoms with Crippen LogP contribution in [0, 0.1) is 24.0 Å². The molecular weight excluding hydrogens is 302 g/mol. The van der Waals surface area contributed by atoms with E-state index in [1.165, 1.54) is 12.1 Å². The average molecular weight is 319 g/mol. The summed E-state index contributed by atoms with van der Waals surface area (Å²) in [4.78, 5) is 10.3.